The minimum absolute atomic E-state index is 0.314. The quantitative estimate of drug-likeness (QED) is 0.943. The van der Waals surface area contributed by atoms with Crippen LogP contribution in [0, 0.1) is 5.82 Å². The van der Waals surface area contributed by atoms with Crippen LogP contribution in [0.4, 0.5) is 4.39 Å². The molecular formula is C16H17FN2O2. The number of imidazole rings is 1. The van der Waals surface area contributed by atoms with E-state index >= 15 is 0 Å². The molecule has 3 rings (SSSR count). The van der Waals surface area contributed by atoms with E-state index in [0.717, 1.165) is 18.5 Å². The van der Waals surface area contributed by atoms with E-state index in [2.05, 4.69) is 4.98 Å². The Morgan fingerprint density at radius 1 is 1.52 bits per heavy atom. The molecule has 0 spiro atoms. The number of benzene rings is 1. The number of carboxylic acid groups (broad SMARTS) is 1. The van der Waals surface area contributed by atoms with Crippen LogP contribution in [0.3, 0.4) is 0 Å². The van der Waals surface area contributed by atoms with Crippen LogP contribution >= 0.6 is 0 Å². The zero-order valence-electron chi connectivity index (χ0n) is 11.8. The molecular weight excluding hydrogens is 271 g/mol. The van der Waals surface area contributed by atoms with Crippen molar-refractivity contribution in [1.82, 2.24) is 9.55 Å². The Balaban J connectivity index is 2.16. The molecule has 4 nitrogen and oxygen atoms in total. The average Bonchev–Trinajstić information content (AvgIpc) is 2.85. The molecule has 5 heteroatoms. The van der Waals surface area contributed by atoms with Gasteiger partial charge in [-0.05, 0) is 38.3 Å². The van der Waals surface area contributed by atoms with E-state index in [-0.39, 0.29) is 5.82 Å². The van der Waals surface area contributed by atoms with E-state index in [1.165, 1.54) is 12.1 Å². The van der Waals surface area contributed by atoms with Crippen LogP contribution in [0.25, 0.3) is 11.4 Å². The smallest absolute Gasteiger partial charge is 0.312 e. The fraction of sp³-hybridized carbons (Fsp3) is 0.375. The molecule has 1 N–H and O–H groups in total. The summed E-state index contributed by atoms with van der Waals surface area (Å²) >= 11 is 0. The first-order valence-corrected chi connectivity index (χ1v) is 7.19. The lowest BCUT2D eigenvalue weighted by molar-refractivity contribution is -0.139. The van der Waals surface area contributed by atoms with E-state index in [4.69, 9.17) is 0 Å². The molecule has 110 valence electrons. The van der Waals surface area contributed by atoms with Gasteiger partial charge in [0.25, 0.3) is 0 Å². The fourth-order valence-electron chi connectivity index (χ4n) is 3.09. The van der Waals surface area contributed by atoms with Gasteiger partial charge in [0.2, 0.25) is 0 Å². The molecule has 0 saturated heterocycles. The summed E-state index contributed by atoms with van der Waals surface area (Å²) in [6.45, 7) is 2.69. The molecule has 2 aromatic rings. The molecule has 1 aliphatic rings. The highest BCUT2D eigenvalue weighted by molar-refractivity contribution is 5.76. The summed E-state index contributed by atoms with van der Waals surface area (Å²) in [7, 11) is 0. The summed E-state index contributed by atoms with van der Waals surface area (Å²) in [4.78, 5) is 16.0. The van der Waals surface area contributed by atoms with Crippen LogP contribution in [0.15, 0.2) is 24.3 Å². The van der Waals surface area contributed by atoms with Crippen molar-refractivity contribution >= 4 is 5.97 Å². The minimum atomic E-state index is -0.831. The third-order valence-electron chi connectivity index (χ3n) is 4.04. The van der Waals surface area contributed by atoms with Crippen molar-refractivity contribution in [3.63, 3.8) is 0 Å². The summed E-state index contributed by atoms with van der Waals surface area (Å²) in [5.74, 6) is -1.03. The molecule has 1 aliphatic carbocycles. The van der Waals surface area contributed by atoms with Gasteiger partial charge in [-0.3, -0.25) is 4.79 Å². The van der Waals surface area contributed by atoms with Crippen LogP contribution in [0.5, 0.6) is 0 Å². The summed E-state index contributed by atoms with van der Waals surface area (Å²) < 4.78 is 15.5. The van der Waals surface area contributed by atoms with Gasteiger partial charge in [-0.1, -0.05) is 12.1 Å². The number of nitrogens with zero attached hydrogens (tertiary/aromatic N) is 2. The summed E-state index contributed by atoms with van der Waals surface area (Å²) in [5, 5.41) is 9.36. The van der Waals surface area contributed by atoms with Gasteiger partial charge in [0.1, 0.15) is 17.6 Å². The van der Waals surface area contributed by atoms with Crippen LogP contribution in [-0.2, 0) is 17.8 Å². The minimum Gasteiger partial charge on any atom is -0.481 e. The van der Waals surface area contributed by atoms with Crippen molar-refractivity contribution in [2.45, 2.75) is 38.6 Å². The zero-order valence-corrected chi connectivity index (χ0v) is 11.8. The van der Waals surface area contributed by atoms with Crippen molar-refractivity contribution in [3.05, 3.63) is 41.5 Å². The van der Waals surface area contributed by atoms with Gasteiger partial charge < -0.3 is 9.67 Å². The van der Waals surface area contributed by atoms with Gasteiger partial charge in [0.05, 0.1) is 5.69 Å². The zero-order chi connectivity index (χ0) is 15.0. The highest BCUT2D eigenvalue weighted by atomic mass is 19.1. The average molecular weight is 288 g/mol. The second-order valence-corrected chi connectivity index (χ2v) is 5.31. The first kappa shape index (κ1) is 13.8. The van der Waals surface area contributed by atoms with E-state index < -0.39 is 11.9 Å². The van der Waals surface area contributed by atoms with Gasteiger partial charge in [0, 0.05) is 17.8 Å². The maximum Gasteiger partial charge on any atom is 0.312 e. The third kappa shape index (κ3) is 2.33. The number of aliphatic carboxylic acids is 1. The largest absolute Gasteiger partial charge is 0.481 e. The number of rotatable bonds is 3. The SMILES string of the molecule is CCn1c(-c2cccc(F)c2)nc2c1CCCC2C(=O)O. The van der Waals surface area contributed by atoms with Crippen LogP contribution < -0.4 is 0 Å². The Hall–Kier alpha value is -2.17. The third-order valence-corrected chi connectivity index (χ3v) is 4.04. The highest BCUT2D eigenvalue weighted by Gasteiger charge is 2.31. The predicted octanol–water partition coefficient (Wildman–Crippen LogP) is 3.21. The first-order valence-electron chi connectivity index (χ1n) is 7.19. The first-order chi connectivity index (χ1) is 10.1. The molecule has 0 radical (unpaired) electrons. The predicted molar refractivity (Wildman–Crippen MR) is 76.6 cm³/mol. The van der Waals surface area contributed by atoms with Gasteiger partial charge >= 0.3 is 5.97 Å². The molecule has 0 aliphatic heterocycles. The van der Waals surface area contributed by atoms with Crippen molar-refractivity contribution in [2.75, 3.05) is 0 Å². The number of halogens is 1. The second kappa shape index (κ2) is 5.31. The Morgan fingerprint density at radius 2 is 2.33 bits per heavy atom. The molecule has 1 atom stereocenters. The van der Waals surface area contributed by atoms with Crippen LogP contribution in [-0.4, -0.2) is 20.6 Å². The fourth-order valence-corrected chi connectivity index (χ4v) is 3.09. The Labute approximate surface area is 122 Å². The lowest BCUT2D eigenvalue weighted by Gasteiger charge is -2.19. The molecule has 0 fully saturated rings. The van der Waals surface area contributed by atoms with Crippen LogP contribution in [0.1, 0.15) is 37.1 Å². The molecule has 0 saturated carbocycles. The maximum atomic E-state index is 13.4. The van der Waals surface area contributed by atoms with Crippen LogP contribution in [0.2, 0.25) is 0 Å². The topological polar surface area (TPSA) is 55.1 Å². The number of aromatic nitrogens is 2. The summed E-state index contributed by atoms with van der Waals surface area (Å²) in [5.41, 5.74) is 2.32. The summed E-state index contributed by atoms with van der Waals surface area (Å²) in [6, 6.07) is 6.28. The van der Waals surface area contributed by atoms with E-state index in [9.17, 15) is 14.3 Å². The molecule has 0 amide bonds. The van der Waals surface area contributed by atoms with Crippen molar-refractivity contribution in [3.8, 4) is 11.4 Å². The Kier molecular flexibility index (Phi) is 3.49. The van der Waals surface area contributed by atoms with E-state index in [1.807, 2.05) is 11.5 Å². The van der Waals surface area contributed by atoms with Gasteiger partial charge in [-0.25, -0.2) is 9.37 Å². The normalized spacial score (nSPS) is 17.5. The molecule has 1 unspecified atom stereocenters. The number of carboxylic acids is 1. The highest BCUT2D eigenvalue weighted by Crippen LogP contribution is 2.34. The number of hydrogen-bond donors (Lipinski definition) is 1. The standard InChI is InChI=1S/C16H17FN2O2/c1-2-19-13-8-4-7-12(16(20)21)14(13)18-15(19)10-5-3-6-11(17)9-10/h3,5-6,9,12H,2,4,7-8H2,1H3,(H,20,21). The Bertz CT molecular complexity index is 694. The molecule has 1 aromatic carbocycles. The van der Waals surface area contributed by atoms with E-state index in [1.54, 1.807) is 12.1 Å². The number of fused-ring (bicyclic) bond motifs is 1. The lowest BCUT2D eigenvalue weighted by atomic mass is 9.90. The Morgan fingerprint density at radius 3 is 3.00 bits per heavy atom. The maximum absolute atomic E-state index is 13.4. The molecule has 0 bridgehead atoms. The number of hydrogen-bond acceptors (Lipinski definition) is 2. The molecule has 21 heavy (non-hydrogen) atoms. The lowest BCUT2D eigenvalue weighted by Crippen LogP contribution is -2.19. The van der Waals surface area contributed by atoms with E-state index in [0.29, 0.717) is 30.0 Å². The van der Waals surface area contributed by atoms with Crippen molar-refractivity contribution < 1.29 is 14.3 Å². The summed E-state index contributed by atoms with van der Waals surface area (Å²) in [6.07, 6.45) is 2.29. The number of carbonyl (C=O) groups is 1. The van der Waals surface area contributed by atoms with Crippen molar-refractivity contribution in [1.29, 1.82) is 0 Å². The molecule has 1 heterocycles. The van der Waals surface area contributed by atoms with Gasteiger partial charge in [-0.2, -0.15) is 0 Å². The molecule has 1 aromatic heterocycles. The van der Waals surface area contributed by atoms with Crippen molar-refractivity contribution in [2.24, 2.45) is 0 Å². The monoisotopic (exact) mass is 288 g/mol. The van der Waals surface area contributed by atoms with Gasteiger partial charge in [0.15, 0.2) is 0 Å². The van der Waals surface area contributed by atoms with Gasteiger partial charge in [-0.15, -0.1) is 0 Å². The second-order valence-electron chi connectivity index (χ2n) is 5.31.